The first-order valence-corrected chi connectivity index (χ1v) is 10.5. The standard InChI is InChI=1S/C23H23N7O2/c1-13-2-5-19(15-3-4-16-9-25-7-6-14(16)8-15)30(12-13)23(32)22(31)28-18-11-26-21(24)17-10-27-29-20(17)18/h3-4,6-11,13,19H,2,5,12H2,1H3,(H2,24,26)(H,27,29)(H,28,31)/t13-,19+/m0/s1. The Labute approximate surface area is 184 Å². The van der Waals surface area contributed by atoms with E-state index in [0.717, 1.165) is 29.2 Å². The number of fused-ring (bicyclic) bond motifs is 2. The minimum Gasteiger partial charge on any atom is -0.383 e. The Bertz CT molecular complexity index is 1330. The molecule has 5 rings (SSSR count). The van der Waals surface area contributed by atoms with Crippen molar-refractivity contribution in [3.8, 4) is 0 Å². The molecule has 32 heavy (non-hydrogen) atoms. The van der Waals surface area contributed by atoms with Gasteiger partial charge in [-0.2, -0.15) is 5.10 Å². The van der Waals surface area contributed by atoms with E-state index in [0.29, 0.717) is 34.9 Å². The van der Waals surface area contributed by atoms with Crippen molar-refractivity contribution < 1.29 is 9.59 Å². The number of nitrogens with one attached hydrogen (secondary N) is 2. The molecule has 4 aromatic rings. The van der Waals surface area contributed by atoms with E-state index in [-0.39, 0.29) is 6.04 Å². The molecule has 4 heterocycles. The monoisotopic (exact) mass is 429 g/mol. The molecule has 0 aliphatic carbocycles. The van der Waals surface area contributed by atoms with Gasteiger partial charge in [-0.05, 0) is 41.8 Å². The van der Waals surface area contributed by atoms with Crippen molar-refractivity contribution in [2.24, 2.45) is 5.92 Å². The largest absolute Gasteiger partial charge is 0.383 e. The fourth-order valence-electron chi connectivity index (χ4n) is 4.39. The van der Waals surface area contributed by atoms with Crippen LogP contribution in [0.3, 0.4) is 0 Å². The minimum atomic E-state index is -0.712. The number of H-pyrrole nitrogens is 1. The number of anilines is 2. The average Bonchev–Trinajstić information content (AvgIpc) is 3.31. The third kappa shape index (κ3) is 3.51. The van der Waals surface area contributed by atoms with Gasteiger partial charge in [0.1, 0.15) is 5.82 Å². The molecule has 3 aromatic heterocycles. The van der Waals surface area contributed by atoms with E-state index in [9.17, 15) is 9.59 Å². The van der Waals surface area contributed by atoms with Gasteiger partial charge in [-0.25, -0.2) is 4.98 Å². The third-order valence-electron chi connectivity index (χ3n) is 6.09. The Kier molecular flexibility index (Phi) is 4.93. The SMILES string of the molecule is C[C@H]1CC[C@H](c2ccc3cnccc3c2)N(C(=O)C(=O)Nc2cnc(N)c3cn[nH]c23)C1. The van der Waals surface area contributed by atoms with E-state index in [4.69, 9.17) is 5.73 Å². The molecular weight excluding hydrogens is 406 g/mol. The van der Waals surface area contributed by atoms with Crippen LogP contribution in [0.5, 0.6) is 0 Å². The second kappa shape index (κ2) is 7.92. The highest BCUT2D eigenvalue weighted by Gasteiger charge is 2.34. The Morgan fingerprint density at radius 3 is 2.91 bits per heavy atom. The second-order valence-electron chi connectivity index (χ2n) is 8.31. The van der Waals surface area contributed by atoms with Crippen molar-refractivity contribution in [1.82, 2.24) is 25.1 Å². The summed E-state index contributed by atoms with van der Waals surface area (Å²) in [5.74, 6) is -0.669. The van der Waals surface area contributed by atoms with Gasteiger partial charge in [-0.1, -0.05) is 19.1 Å². The van der Waals surface area contributed by atoms with Crippen molar-refractivity contribution in [1.29, 1.82) is 0 Å². The molecule has 0 spiro atoms. The normalized spacial score (nSPS) is 18.7. The van der Waals surface area contributed by atoms with Gasteiger partial charge in [0.2, 0.25) is 0 Å². The quantitative estimate of drug-likeness (QED) is 0.420. The summed E-state index contributed by atoms with van der Waals surface area (Å²) < 4.78 is 0. The number of aromatic nitrogens is 4. The van der Waals surface area contributed by atoms with Crippen molar-refractivity contribution in [2.45, 2.75) is 25.8 Å². The summed E-state index contributed by atoms with van der Waals surface area (Å²) in [5.41, 5.74) is 7.77. The molecule has 0 saturated carbocycles. The van der Waals surface area contributed by atoms with Crippen LogP contribution in [0.25, 0.3) is 21.7 Å². The van der Waals surface area contributed by atoms with Crippen LogP contribution in [0.4, 0.5) is 11.5 Å². The fourth-order valence-corrected chi connectivity index (χ4v) is 4.39. The summed E-state index contributed by atoms with van der Waals surface area (Å²) in [7, 11) is 0. The predicted octanol–water partition coefficient (Wildman–Crippen LogP) is 3.03. The molecule has 2 atom stereocenters. The maximum absolute atomic E-state index is 13.3. The number of nitrogen functional groups attached to an aromatic ring is 1. The lowest BCUT2D eigenvalue weighted by atomic mass is 9.89. The number of nitrogens with two attached hydrogens (primary N) is 1. The number of aromatic amines is 1. The molecule has 9 nitrogen and oxygen atoms in total. The van der Waals surface area contributed by atoms with Gasteiger partial charge >= 0.3 is 11.8 Å². The van der Waals surface area contributed by atoms with Gasteiger partial charge in [0.15, 0.2) is 0 Å². The number of carbonyl (C=O) groups is 2. The lowest BCUT2D eigenvalue weighted by Crippen LogP contribution is -2.46. The Balaban J connectivity index is 1.43. The number of amides is 2. The zero-order valence-corrected chi connectivity index (χ0v) is 17.6. The molecule has 0 radical (unpaired) electrons. The molecule has 1 saturated heterocycles. The molecule has 1 aliphatic rings. The second-order valence-corrected chi connectivity index (χ2v) is 8.31. The van der Waals surface area contributed by atoms with Gasteiger partial charge in [-0.3, -0.25) is 19.7 Å². The predicted molar refractivity (Wildman–Crippen MR) is 122 cm³/mol. The van der Waals surface area contributed by atoms with Crippen molar-refractivity contribution >= 4 is 45.0 Å². The molecule has 1 aromatic carbocycles. The van der Waals surface area contributed by atoms with Crippen LogP contribution in [0.15, 0.2) is 49.1 Å². The van der Waals surface area contributed by atoms with Gasteiger partial charge in [0.05, 0.1) is 35.0 Å². The van der Waals surface area contributed by atoms with Crippen LogP contribution < -0.4 is 11.1 Å². The maximum atomic E-state index is 13.3. The number of nitrogens with zero attached hydrogens (tertiary/aromatic N) is 4. The highest BCUT2D eigenvalue weighted by atomic mass is 16.2. The molecule has 162 valence electrons. The van der Waals surface area contributed by atoms with Crippen LogP contribution in [-0.4, -0.2) is 43.4 Å². The first-order valence-electron chi connectivity index (χ1n) is 10.5. The molecule has 1 fully saturated rings. The molecule has 4 N–H and O–H groups in total. The molecule has 1 aliphatic heterocycles. The number of rotatable bonds is 2. The van der Waals surface area contributed by atoms with Crippen LogP contribution in [-0.2, 0) is 9.59 Å². The highest BCUT2D eigenvalue weighted by molar-refractivity contribution is 6.40. The molecular formula is C23H23N7O2. The van der Waals surface area contributed by atoms with Crippen molar-refractivity contribution in [2.75, 3.05) is 17.6 Å². The van der Waals surface area contributed by atoms with Crippen LogP contribution in [0.1, 0.15) is 31.4 Å². The lowest BCUT2D eigenvalue weighted by molar-refractivity contribution is -0.146. The average molecular weight is 429 g/mol. The minimum absolute atomic E-state index is 0.168. The van der Waals surface area contributed by atoms with Crippen molar-refractivity contribution in [3.63, 3.8) is 0 Å². The van der Waals surface area contributed by atoms with E-state index in [1.807, 2.05) is 24.4 Å². The smallest absolute Gasteiger partial charge is 0.314 e. The van der Waals surface area contributed by atoms with E-state index < -0.39 is 11.8 Å². The van der Waals surface area contributed by atoms with E-state index in [1.165, 1.54) is 12.4 Å². The summed E-state index contributed by atoms with van der Waals surface area (Å²) in [5, 5.41) is 12.1. The Morgan fingerprint density at radius 1 is 1.16 bits per heavy atom. The van der Waals surface area contributed by atoms with Crippen molar-refractivity contribution in [3.05, 3.63) is 54.6 Å². The Morgan fingerprint density at radius 2 is 2.03 bits per heavy atom. The maximum Gasteiger partial charge on any atom is 0.314 e. The van der Waals surface area contributed by atoms with E-state index in [2.05, 4.69) is 38.5 Å². The fraction of sp³-hybridized carbons (Fsp3) is 0.261. The number of pyridine rings is 2. The highest BCUT2D eigenvalue weighted by Crippen LogP contribution is 2.35. The number of likely N-dealkylation sites (tertiary alicyclic amines) is 1. The molecule has 9 heteroatoms. The molecule has 0 unspecified atom stereocenters. The van der Waals surface area contributed by atoms with Crippen LogP contribution in [0, 0.1) is 5.92 Å². The number of piperidine rings is 1. The lowest BCUT2D eigenvalue weighted by Gasteiger charge is -2.38. The topological polar surface area (TPSA) is 130 Å². The molecule has 0 bridgehead atoms. The summed E-state index contributed by atoms with van der Waals surface area (Å²) >= 11 is 0. The zero-order chi connectivity index (χ0) is 22.2. The summed E-state index contributed by atoms with van der Waals surface area (Å²) in [6, 6.07) is 7.88. The summed E-state index contributed by atoms with van der Waals surface area (Å²) in [4.78, 5) is 36.1. The summed E-state index contributed by atoms with van der Waals surface area (Å²) in [6.45, 7) is 2.61. The van der Waals surface area contributed by atoms with E-state index >= 15 is 0 Å². The third-order valence-corrected chi connectivity index (χ3v) is 6.09. The van der Waals surface area contributed by atoms with Gasteiger partial charge in [0.25, 0.3) is 0 Å². The Hall–Kier alpha value is -4.01. The number of hydrogen-bond donors (Lipinski definition) is 3. The first-order chi connectivity index (χ1) is 15.5. The zero-order valence-electron chi connectivity index (χ0n) is 17.6. The molecule has 2 amide bonds. The van der Waals surface area contributed by atoms with Gasteiger partial charge < -0.3 is 16.0 Å². The van der Waals surface area contributed by atoms with Gasteiger partial charge in [0, 0.05) is 24.3 Å². The van der Waals surface area contributed by atoms with Gasteiger partial charge in [-0.15, -0.1) is 0 Å². The first kappa shape index (κ1) is 19.9. The number of hydrogen-bond acceptors (Lipinski definition) is 6. The van der Waals surface area contributed by atoms with E-state index in [1.54, 1.807) is 11.1 Å². The number of benzene rings is 1. The summed E-state index contributed by atoms with van der Waals surface area (Å²) in [6.07, 6.45) is 8.31. The number of carbonyl (C=O) groups excluding carboxylic acids is 2. The van der Waals surface area contributed by atoms with Crippen LogP contribution in [0.2, 0.25) is 0 Å². The van der Waals surface area contributed by atoms with Crippen LogP contribution >= 0.6 is 0 Å².